The number of carbonyl (C=O) groups excluding carboxylic acids is 2. The number of anilines is 1. The third-order valence-corrected chi connectivity index (χ3v) is 2.52. The lowest BCUT2D eigenvalue weighted by Crippen LogP contribution is -2.28. The highest BCUT2D eigenvalue weighted by Crippen LogP contribution is 2.09. The van der Waals surface area contributed by atoms with Crippen molar-refractivity contribution in [3.8, 4) is 0 Å². The maximum atomic E-state index is 11.3. The lowest BCUT2D eigenvalue weighted by atomic mass is 10.2. The molecule has 0 fully saturated rings. The van der Waals surface area contributed by atoms with E-state index in [1.165, 1.54) is 6.92 Å². The number of halogens is 1. The van der Waals surface area contributed by atoms with Crippen LogP contribution >= 0.6 is 15.9 Å². The van der Waals surface area contributed by atoms with Gasteiger partial charge in [-0.2, -0.15) is 0 Å². The van der Waals surface area contributed by atoms with Crippen molar-refractivity contribution in [2.24, 2.45) is 0 Å². The van der Waals surface area contributed by atoms with Crippen molar-refractivity contribution in [1.29, 1.82) is 0 Å². The van der Waals surface area contributed by atoms with Gasteiger partial charge in [-0.25, -0.2) is 0 Å². The first-order chi connectivity index (χ1) is 7.99. The maximum Gasteiger partial charge on any atom is 0.233 e. The van der Waals surface area contributed by atoms with Crippen LogP contribution in [-0.4, -0.2) is 16.6 Å². The summed E-state index contributed by atoms with van der Waals surface area (Å²) in [5, 5.41) is 5.47. The highest BCUT2D eigenvalue weighted by Gasteiger charge is 2.07. The summed E-state index contributed by atoms with van der Waals surface area (Å²) in [6.45, 7) is 3.72. The van der Waals surface area contributed by atoms with Gasteiger partial charge in [0.25, 0.3) is 0 Å². The number of alkyl halides is 1. The van der Waals surface area contributed by atoms with Crippen LogP contribution in [0.1, 0.15) is 19.4 Å². The number of hydrogen-bond donors (Lipinski definition) is 2. The van der Waals surface area contributed by atoms with Gasteiger partial charge >= 0.3 is 0 Å². The van der Waals surface area contributed by atoms with E-state index in [4.69, 9.17) is 0 Å². The summed E-state index contributed by atoms with van der Waals surface area (Å²) in [6.07, 6.45) is 0. The first-order valence-corrected chi connectivity index (χ1v) is 6.19. The average Bonchev–Trinajstić information content (AvgIpc) is 2.26. The van der Waals surface area contributed by atoms with Crippen molar-refractivity contribution in [2.75, 3.05) is 5.32 Å². The smallest absolute Gasteiger partial charge is 0.233 e. The second kappa shape index (κ2) is 6.39. The average molecular weight is 299 g/mol. The summed E-state index contributed by atoms with van der Waals surface area (Å²) in [5.41, 5.74) is 1.74. The van der Waals surface area contributed by atoms with E-state index >= 15 is 0 Å². The molecule has 2 N–H and O–H groups in total. The third-order valence-electron chi connectivity index (χ3n) is 2.10. The van der Waals surface area contributed by atoms with Crippen molar-refractivity contribution in [1.82, 2.24) is 5.32 Å². The molecule has 92 valence electrons. The number of nitrogens with one attached hydrogen (secondary N) is 2. The van der Waals surface area contributed by atoms with E-state index < -0.39 is 0 Å². The van der Waals surface area contributed by atoms with Crippen LogP contribution < -0.4 is 10.6 Å². The van der Waals surface area contributed by atoms with E-state index in [1.54, 1.807) is 19.1 Å². The summed E-state index contributed by atoms with van der Waals surface area (Å²) in [7, 11) is 0. The van der Waals surface area contributed by atoms with Crippen LogP contribution in [0.2, 0.25) is 0 Å². The molecule has 0 saturated heterocycles. The normalized spacial score (nSPS) is 11.7. The van der Waals surface area contributed by atoms with Crippen LogP contribution in [-0.2, 0) is 16.1 Å². The lowest BCUT2D eigenvalue weighted by Gasteiger charge is -2.07. The van der Waals surface area contributed by atoms with Gasteiger partial charge < -0.3 is 10.6 Å². The number of amides is 2. The minimum atomic E-state index is -0.193. The molecule has 0 aliphatic rings. The highest BCUT2D eigenvalue weighted by atomic mass is 79.9. The van der Waals surface area contributed by atoms with E-state index in [-0.39, 0.29) is 16.6 Å². The molecule has 0 radical (unpaired) electrons. The predicted molar refractivity (Wildman–Crippen MR) is 71.0 cm³/mol. The predicted octanol–water partition coefficient (Wildman–Crippen LogP) is 2.04. The zero-order chi connectivity index (χ0) is 12.8. The molecule has 1 atom stereocenters. The van der Waals surface area contributed by atoms with E-state index in [2.05, 4.69) is 26.6 Å². The standard InChI is InChI=1S/C12H15BrN2O2/c1-8(13)12(17)14-7-10-3-5-11(6-4-10)15-9(2)16/h3-6,8H,7H2,1-2H3,(H,14,17)(H,15,16). The molecule has 1 unspecified atom stereocenters. The molecule has 0 saturated carbocycles. The number of rotatable bonds is 4. The van der Waals surface area contributed by atoms with Crippen molar-refractivity contribution >= 4 is 33.4 Å². The van der Waals surface area contributed by atoms with Crippen molar-refractivity contribution in [3.63, 3.8) is 0 Å². The lowest BCUT2D eigenvalue weighted by molar-refractivity contribution is -0.120. The van der Waals surface area contributed by atoms with Crippen LogP contribution in [0.15, 0.2) is 24.3 Å². The topological polar surface area (TPSA) is 58.2 Å². The van der Waals surface area contributed by atoms with Crippen LogP contribution in [0, 0.1) is 0 Å². The van der Waals surface area contributed by atoms with Crippen molar-refractivity contribution < 1.29 is 9.59 Å². The first kappa shape index (κ1) is 13.7. The SMILES string of the molecule is CC(=O)Nc1ccc(CNC(=O)C(C)Br)cc1. The van der Waals surface area contributed by atoms with Crippen molar-refractivity contribution in [3.05, 3.63) is 29.8 Å². The summed E-state index contributed by atoms with van der Waals surface area (Å²) in [5.74, 6) is -0.143. The molecule has 0 bridgehead atoms. The first-order valence-electron chi connectivity index (χ1n) is 5.27. The molecule has 1 aromatic carbocycles. The van der Waals surface area contributed by atoms with Crippen LogP contribution in [0.4, 0.5) is 5.69 Å². The maximum absolute atomic E-state index is 11.3. The number of benzene rings is 1. The van der Waals surface area contributed by atoms with Gasteiger partial charge in [-0.15, -0.1) is 0 Å². The summed E-state index contributed by atoms with van der Waals surface area (Å²) in [4.78, 5) is 21.9. The Morgan fingerprint density at radius 2 is 1.88 bits per heavy atom. The zero-order valence-electron chi connectivity index (χ0n) is 9.79. The van der Waals surface area contributed by atoms with E-state index in [0.29, 0.717) is 6.54 Å². The Balaban J connectivity index is 2.51. The second-order valence-corrected chi connectivity index (χ2v) is 5.09. The minimum Gasteiger partial charge on any atom is -0.351 e. The molecule has 1 aromatic rings. The van der Waals surface area contributed by atoms with E-state index in [0.717, 1.165) is 11.3 Å². The molecule has 17 heavy (non-hydrogen) atoms. The summed E-state index contributed by atoms with van der Waals surface area (Å²) in [6, 6.07) is 7.34. The van der Waals surface area contributed by atoms with Gasteiger partial charge in [-0.3, -0.25) is 9.59 Å². The molecule has 0 heterocycles. The third kappa shape index (κ3) is 4.99. The highest BCUT2D eigenvalue weighted by molar-refractivity contribution is 9.10. The monoisotopic (exact) mass is 298 g/mol. The molecular weight excluding hydrogens is 284 g/mol. The largest absolute Gasteiger partial charge is 0.351 e. The second-order valence-electron chi connectivity index (χ2n) is 3.71. The van der Waals surface area contributed by atoms with Gasteiger partial charge in [0, 0.05) is 19.2 Å². The molecule has 0 aliphatic carbocycles. The van der Waals surface area contributed by atoms with E-state index in [9.17, 15) is 9.59 Å². The van der Waals surface area contributed by atoms with Gasteiger partial charge in [0.05, 0.1) is 4.83 Å². The van der Waals surface area contributed by atoms with Crippen molar-refractivity contribution in [2.45, 2.75) is 25.2 Å². The fourth-order valence-corrected chi connectivity index (χ4v) is 1.40. The van der Waals surface area contributed by atoms with Gasteiger partial charge in [0.2, 0.25) is 11.8 Å². The Morgan fingerprint density at radius 1 is 1.29 bits per heavy atom. The molecule has 1 rings (SSSR count). The van der Waals surface area contributed by atoms with Gasteiger partial charge in [0.1, 0.15) is 0 Å². The summed E-state index contributed by atoms with van der Waals surface area (Å²) < 4.78 is 0. The molecule has 0 spiro atoms. The molecular formula is C12H15BrN2O2. The van der Waals surface area contributed by atoms with Crippen LogP contribution in [0.25, 0.3) is 0 Å². The zero-order valence-corrected chi connectivity index (χ0v) is 11.4. The van der Waals surface area contributed by atoms with Crippen LogP contribution in [0.3, 0.4) is 0 Å². The minimum absolute atomic E-state index is 0.0454. The Kier molecular flexibility index (Phi) is 5.15. The molecule has 2 amide bonds. The quantitative estimate of drug-likeness (QED) is 0.836. The fraction of sp³-hybridized carbons (Fsp3) is 0.333. The summed E-state index contributed by atoms with van der Waals surface area (Å²) >= 11 is 3.19. The van der Waals surface area contributed by atoms with E-state index in [1.807, 2.05) is 12.1 Å². The number of hydrogen-bond acceptors (Lipinski definition) is 2. The Bertz CT molecular complexity index is 401. The molecule has 4 nitrogen and oxygen atoms in total. The molecule has 5 heteroatoms. The van der Waals surface area contributed by atoms with Gasteiger partial charge in [-0.1, -0.05) is 28.1 Å². The number of carbonyl (C=O) groups is 2. The Morgan fingerprint density at radius 3 is 2.35 bits per heavy atom. The Labute approximate surface area is 109 Å². The van der Waals surface area contributed by atoms with Gasteiger partial charge in [0.15, 0.2) is 0 Å². The molecule has 0 aromatic heterocycles. The van der Waals surface area contributed by atoms with Crippen LogP contribution in [0.5, 0.6) is 0 Å². The fourth-order valence-electron chi connectivity index (χ4n) is 1.24. The van der Waals surface area contributed by atoms with Gasteiger partial charge in [-0.05, 0) is 24.6 Å². The molecule has 0 aliphatic heterocycles. The Hall–Kier alpha value is -1.36.